The van der Waals surface area contributed by atoms with E-state index < -0.39 is 0 Å². The van der Waals surface area contributed by atoms with Gasteiger partial charge in [-0.05, 0) is 43.7 Å². The van der Waals surface area contributed by atoms with E-state index in [2.05, 4.69) is 22.5 Å². The van der Waals surface area contributed by atoms with Gasteiger partial charge < -0.3 is 15.5 Å². The standard InChI is InChI=1S/C19H27ClN4O/c1-2-21-18(24-13-10-19(14-24)8-5-9-19)23-12-11-22-17(25)15-6-3-4-7-16(15)20/h3-4,6-7H,2,5,8-14H2,1H3,(H,21,23)(H,22,25). The van der Waals surface area contributed by atoms with Crippen LogP contribution in [-0.4, -0.2) is 49.5 Å². The van der Waals surface area contributed by atoms with Crippen LogP contribution in [0.25, 0.3) is 0 Å². The topological polar surface area (TPSA) is 56.7 Å². The van der Waals surface area contributed by atoms with Crippen molar-refractivity contribution in [3.05, 3.63) is 34.9 Å². The second kappa shape index (κ2) is 8.09. The van der Waals surface area contributed by atoms with Crippen LogP contribution in [0, 0.1) is 5.41 Å². The van der Waals surface area contributed by atoms with Crippen molar-refractivity contribution in [3.63, 3.8) is 0 Å². The Bertz CT molecular complexity index is 642. The Labute approximate surface area is 154 Å². The lowest BCUT2D eigenvalue weighted by Crippen LogP contribution is -2.43. The van der Waals surface area contributed by atoms with Gasteiger partial charge in [0.25, 0.3) is 5.91 Å². The highest BCUT2D eigenvalue weighted by Crippen LogP contribution is 2.47. The molecule has 1 spiro atoms. The highest BCUT2D eigenvalue weighted by Gasteiger charge is 2.43. The fraction of sp³-hybridized carbons (Fsp3) is 0.579. The van der Waals surface area contributed by atoms with E-state index in [0.29, 0.717) is 29.1 Å². The number of hydrogen-bond donors (Lipinski definition) is 2. The Balaban J connectivity index is 1.50. The number of nitrogens with zero attached hydrogens (tertiary/aromatic N) is 2. The summed E-state index contributed by atoms with van der Waals surface area (Å²) in [7, 11) is 0. The monoisotopic (exact) mass is 362 g/mol. The van der Waals surface area contributed by atoms with Crippen LogP contribution in [-0.2, 0) is 0 Å². The van der Waals surface area contributed by atoms with Gasteiger partial charge in [0.05, 0.1) is 17.1 Å². The van der Waals surface area contributed by atoms with Gasteiger partial charge in [-0.2, -0.15) is 0 Å². The Hall–Kier alpha value is -1.75. The second-order valence-electron chi connectivity index (χ2n) is 7.00. The molecule has 136 valence electrons. The van der Waals surface area contributed by atoms with Gasteiger partial charge in [-0.25, -0.2) is 0 Å². The molecule has 0 bridgehead atoms. The third-order valence-electron chi connectivity index (χ3n) is 5.26. The van der Waals surface area contributed by atoms with Crippen molar-refractivity contribution in [2.45, 2.75) is 32.6 Å². The van der Waals surface area contributed by atoms with Gasteiger partial charge in [0.15, 0.2) is 5.96 Å². The SMILES string of the molecule is CCNC(=NCCNC(=O)c1ccccc1Cl)N1CCC2(CCC2)C1. The molecular formula is C19H27ClN4O. The fourth-order valence-electron chi connectivity index (χ4n) is 3.70. The molecule has 0 aromatic heterocycles. The van der Waals surface area contributed by atoms with Crippen molar-refractivity contribution < 1.29 is 4.79 Å². The average molecular weight is 363 g/mol. The zero-order chi connectivity index (χ0) is 17.7. The van der Waals surface area contributed by atoms with Crippen molar-refractivity contribution in [3.8, 4) is 0 Å². The predicted molar refractivity (Wildman–Crippen MR) is 102 cm³/mol. The van der Waals surface area contributed by atoms with Crippen molar-refractivity contribution in [2.24, 2.45) is 10.4 Å². The maximum Gasteiger partial charge on any atom is 0.252 e. The quantitative estimate of drug-likeness (QED) is 0.481. The first kappa shape index (κ1) is 18.1. The molecule has 3 rings (SSSR count). The van der Waals surface area contributed by atoms with Crippen LogP contribution in [0.2, 0.25) is 5.02 Å². The first-order chi connectivity index (χ1) is 12.1. The molecule has 0 unspecified atom stereocenters. The van der Waals surface area contributed by atoms with E-state index in [1.807, 2.05) is 12.1 Å². The minimum absolute atomic E-state index is 0.152. The zero-order valence-corrected chi connectivity index (χ0v) is 15.6. The number of amides is 1. The molecule has 5 nitrogen and oxygen atoms in total. The summed E-state index contributed by atoms with van der Waals surface area (Å²) in [5, 5.41) is 6.74. The summed E-state index contributed by atoms with van der Waals surface area (Å²) in [6.07, 6.45) is 5.36. The molecule has 1 aliphatic heterocycles. The Morgan fingerprint density at radius 1 is 1.28 bits per heavy atom. The third-order valence-corrected chi connectivity index (χ3v) is 5.59. The number of carbonyl (C=O) groups excluding carboxylic acids is 1. The van der Waals surface area contributed by atoms with Crippen LogP contribution < -0.4 is 10.6 Å². The molecule has 2 fully saturated rings. The van der Waals surface area contributed by atoms with Crippen molar-refractivity contribution in [1.29, 1.82) is 0 Å². The number of carbonyl (C=O) groups is 1. The van der Waals surface area contributed by atoms with Crippen LogP contribution >= 0.6 is 11.6 Å². The molecular weight excluding hydrogens is 336 g/mol. The number of halogens is 1. The van der Waals surface area contributed by atoms with Gasteiger partial charge in [-0.15, -0.1) is 0 Å². The number of nitrogens with one attached hydrogen (secondary N) is 2. The first-order valence-electron chi connectivity index (χ1n) is 9.19. The molecule has 1 saturated heterocycles. The molecule has 0 radical (unpaired) electrons. The van der Waals surface area contributed by atoms with Gasteiger partial charge >= 0.3 is 0 Å². The number of guanidine groups is 1. The summed E-state index contributed by atoms with van der Waals surface area (Å²) in [5.74, 6) is 0.818. The highest BCUT2D eigenvalue weighted by molar-refractivity contribution is 6.33. The molecule has 1 aliphatic carbocycles. The predicted octanol–water partition coefficient (Wildman–Crippen LogP) is 2.91. The van der Waals surface area contributed by atoms with Crippen LogP contribution in [0.15, 0.2) is 29.3 Å². The van der Waals surface area contributed by atoms with Gasteiger partial charge in [0.2, 0.25) is 0 Å². The fourth-order valence-corrected chi connectivity index (χ4v) is 3.92. The van der Waals surface area contributed by atoms with Crippen molar-refractivity contribution >= 4 is 23.5 Å². The van der Waals surface area contributed by atoms with E-state index in [0.717, 1.165) is 25.6 Å². The van der Waals surface area contributed by atoms with Crippen LogP contribution in [0.1, 0.15) is 43.0 Å². The van der Waals surface area contributed by atoms with Gasteiger partial charge in [0.1, 0.15) is 0 Å². The van der Waals surface area contributed by atoms with Gasteiger partial charge in [-0.3, -0.25) is 9.79 Å². The van der Waals surface area contributed by atoms with Gasteiger partial charge in [0, 0.05) is 26.2 Å². The van der Waals surface area contributed by atoms with E-state index in [9.17, 15) is 4.79 Å². The molecule has 0 atom stereocenters. The normalized spacial score (nSPS) is 19.0. The molecule has 1 aromatic rings. The molecule has 2 N–H and O–H groups in total. The van der Waals surface area contributed by atoms with E-state index in [-0.39, 0.29) is 5.91 Å². The average Bonchev–Trinajstić information content (AvgIpc) is 3.04. The third kappa shape index (κ3) is 4.27. The van der Waals surface area contributed by atoms with Crippen LogP contribution in [0.4, 0.5) is 0 Å². The summed E-state index contributed by atoms with van der Waals surface area (Å²) in [6.45, 7) is 6.20. The minimum atomic E-state index is -0.152. The summed E-state index contributed by atoms with van der Waals surface area (Å²) >= 11 is 6.05. The molecule has 25 heavy (non-hydrogen) atoms. The molecule has 1 amide bonds. The maximum atomic E-state index is 12.2. The molecule has 6 heteroatoms. The number of likely N-dealkylation sites (tertiary alicyclic amines) is 1. The Kier molecular flexibility index (Phi) is 5.84. The summed E-state index contributed by atoms with van der Waals surface area (Å²) in [5.41, 5.74) is 1.06. The van der Waals surface area contributed by atoms with E-state index in [4.69, 9.17) is 16.6 Å². The van der Waals surface area contributed by atoms with E-state index in [1.165, 1.54) is 25.7 Å². The molecule has 1 saturated carbocycles. The van der Waals surface area contributed by atoms with Crippen molar-refractivity contribution in [2.75, 3.05) is 32.7 Å². The van der Waals surface area contributed by atoms with E-state index in [1.54, 1.807) is 12.1 Å². The number of rotatable bonds is 5. The lowest BCUT2D eigenvalue weighted by Gasteiger charge is -2.38. The first-order valence-corrected chi connectivity index (χ1v) is 9.57. The van der Waals surface area contributed by atoms with Gasteiger partial charge in [-0.1, -0.05) is 30.2 Å². The Morgan fingerprint density at radius 3 is 2.72 bits per heavy atom. The molecule has 1 aromatic carbocycles. The van der Waals surface area contributed by atoms with Crippen molar-refractivity contribution in [1.82, 2.24) is 15.5 Å². The minimum Gasteiger partial charge on any atom is -0.357 e. The smallest absolute Gasteiger partial charge is 0.252 e. The summed E-state index contributed by atoms with van der Waals surface area (Å²) in [6, 6.07) is 7.08. The largest absolute Gasteiger partial charge is 0.357 e. The van der Waals surface area contributed by atoms with Crippen LogP contribution in [0.5, 0.6) is 0 Å². The second-order valence-corrected chi connectivity index (χ2v) is 7.40. The highest BCUT2D eigenvalue weighted by atomic mass is 35.5. The number of aliphatic imine (C=N–C) groups is 1. The number of benzene rings is 1. The van der Waals surface area contributed by atoms with Crippen LogP contribution in [0.3, 0.4) is 0 Å². The zero-order valence-electron chi connectivity index (χ0n) is 14.9. The Morgan fingerprint density at radius 2 is 2.08 bits per heavy atom. The van der Waals surface area contributed by atoms with E-state index >= 15 is 0 Å². The lowest BCUT2D eigenvalue weighted by atomic mass is 9.68. The lowest BCUT2D eigenvalue weighted by molar-refractivity contribution is 0.0955. The molecule has 2 aliphatic rings. The maximum absolute atomic E-state index is 12.2. The summed E-state index contributed by atoms with van der Waals surface area (Å²) in [4.78, 5) is 19.2. The summed E-state index contributed by atoms with van der Waals surface area (Å²) < 4.78 is 0. The number of hydrogen-bond acceptors (Lipinski definition) is 2. The molecule has 1 heterocycles.